The van der Waals surface area contributed by atoms with Crippen LogP contribution in [0.5, 0.6) is 5.75 Å². The van der Waals surface area contributed by atoms with E-state index in [4.69, 9.17) is 0 Å². The van der Waals surface area contributed by atoms with Crippen LogP contribution in [0.3, 0.4) is 0 Å². The van der Waals surface area contributed by atoms with Crippen molar-refractivity contribution in [1.82, 2.24) is 15.1 Å². The molecule has 1 unspecified atom stereocenters. The van der Waals surface area contributed by atoms with Crippen LogP contribution >= 0.6 is 0 Å². The molecule has 124 valence electrons. The molecule has 6 heteroatoms. The van der Waals surface area contributed by atoms with Gasteiger partial charge in [0.25, 0.3) is 0 Å². The van der Waals surface area contributed by atoms with Crippen LogP contribution in [-0.2, 0) is 11.2 Å². The Labute approximate surface area is 136 Å². The number of piperidine rings is 1. The van der Waals surface area contributed by atoms with Crippen LogP contribution in [0.1, 0.15) is 24.0 Å². The number of rotatable bonds is 3. The van der Waals surface area contributed by atoms with Gasteiger partial charge in [0.15, 0.2) is 0 Å². The lowest BCUT2D eigenvalue weighted by molar-refractivity contribution is -0.132. The standard InChI is InChI=1S/C17H23N3O3/c1-12-9-15(21)5-4-13(12)10-16(22)19-7-2-3-14(11-19)20-8-6-18-17(20)23/h4-5,9,14,21H,2-3,6-8,10-11H2,1H3,(H,18,23). The number of aryl methyl sites for hydroxylation is 1. The van der Waals surface area contributed by atoms with Gasteiger partial charge in [0.05, 0.1) is 12.5 Å². The quantitative estimate of drug-likeness (QED) is 0.881. The summed E-state index contributed by atoms with van der Waals surface area (Å²) in [6.07, 6.45) is 2.22. The van der Waals surface area contributed by atoms with E-state index in [9.17, 15) is 14.7 Å². The largest absolute Gasteiger partial charge is 0.508 e. The molecule has 6 nitrogen and oxygen atoms in total. The molecule has 3 rings (SSSR count). The first-order valence-electron chi connectivity index (χ1n) is 8.15. The van der Waals surface area contributed by atoms with E-state index < -0.39 is 0 Å². The van der Waals surface area contributed by atoms with Gasteiger partial charge in [-0.25, -0.2) is 4.79 Å². The number of carbonyl (C=O) groups is 2. The van der Waals surface area contributed by atoms with Crippen molar-refractivity contribution in [2.24, 2.45) is 0 Å². The third-order valence-electron chi connectivity index (χ3n) is 4.75. The van der Waals surface area contributed by atoms with E-state index in [-0.39, 0.29) is 23.7 Å². The Balaban J connectivity index is 1.63. The van der Waals surface area contributed by atoms with Crippen molar-refractivity contribution in [3.05, 3.63) is 29.3 Å². The summed E-state index contributed by atoms with van der Waals surface area (Å²) in [6, 6.07) is 5.20. The minimum atomic E-state index is -0.0151. The summed E-state index contributed by atoms with van der Waals surface area (Å²) in [6.45, 7) is 4.68. The summed E-state index contributed by atoms with van der Waals surface area (Å²) in [4.78, 5) is 28.1. The molecular formula is C17H23N3O3. The lowest BCUT2D eigenvalue weighted by Crippen LogP contribution is -2.51. The molecule has 0 spiro atoms. The second-order valence-electron chi connectivity index (χ2n) is 6.35. The number of amides is 3. The number of phenols is 1. The normalized spacial score (nSPS) is 21.4. The summed E-state index contributed by atoms with van der Waals surface area (Å²) in [7, 11) is 0. The summed E-state index contributed by atoms with van der Waals surface area (Å²) < 4.78 is 0. The first-order valence-corrected chi connectivity index (χ1v) is 8.15. The van der Waals surface area contributed by atoms with Crippen molar-refractivity contribution in [3.8, 4) is 5.75 Å². The molecule has 0 aliphatic carbocycles. The van der Waals surface area contributed by atoms with Gasteiger partial charge in [-0.1, -0.05) is 6.07 Å². The highest BCUT2D eigenvalue weighted by Gasteiger charge is 2.32. The lowest BCUT2D eigenvalue weighted by Gasteiger charge is -2.37. The molecule has 2 fully saturated rings. The van der Waals surface area contributed by atoms with Crippen LogP contribution in [0.2, 0.25) is 0 Å². The van der Waals surface area contributed by atoms with Crippen LogP contribution in [0, 0.1) is 6.92 Å². The smallest absolute Gasteiger partial charge is 0.317 e. The van der Waals surface area contributed by atoms with Gasteiger partial charge in [0, 0.05) is 26.2 Å². The van der Waals surface area contributed by atoms with E-state index in [1.165, 1.54) is 0 Å². The molecule has 2 saturated heterocycles. The summed E-state index contributed by atoms with van der Waals surface area (Å²) >= 11 is 0. The number of nitrogens with zero attached hydrogens (tertiary/aromatic N) is 2. The molecule has 23 heavy (non-hydrogen) atoms. The molecule has 0 bridgehead atoms. The van der Waals surface area contributed by atoms with Crippen LogP contribution in [-0.4, -0.2) is 59.1 Å². The molecule has 1 aromatic carbocycles. The van der Waals surface area contributed by atoms with E-state index in [1.807, 2.05) is 16.7 Å². The van der Waals surface area contributed by atoms with Gasteiger partial charge in [-0.2, -0.15) is 0 Å². The third-order valence-corrected chi connectivity index (χ3v) is 4.75. The predicted molar refractivity (Wildman–Crippen MR) is 86.3 cm³/mol. The molecule has 1 atom stereocenters. The van der Waals surface area contributed by atoms with Crippen molar-refractivity contribution < 1.29 is 14.7 Å². The van der Waals surface area contributed by atoms with Gasteiger partial charge < -0.3 is 20.2 Å². The monoisotopic (exact) mass is 317 g/mol. The van der Waals surface area contributed by atoms with E-state index >= 15 is 0 Å². The number of phenolic OH excluding ortho intramolecular Hbond substituents is 1. The molecule has 0 saturated carbocycles. The summed E-state index contributed by atoms with van der Waals surface area (Å²) in [5, 5.41) is 12.3. The number of urea groups is 1. The zero-order valence-corrected chi connectivity index (χ0v) is 13.4. The molecule has 2 N–H and O–H groups in total. The zero-order valence-electron chi connectivity index (χ0n) is 13.4. The topological polar surface area (TPSA) is 72.9 Å². The molecule has 0 aromatic heterocycles. The molecule has 0 radical (unpaired) electrons. The highest BCUT2D eigenvalue weighted by Crippen LogP contribution is 2.20. The Hall–Kier alpha value is -2.24. The Bertz CT molecular complexity index is 617. The number of nitrogens with one attached hydrogen (secondary N) is 1. The Kier molecular flexibility index (Phi) is 4.41. The van der Waals surface area contributed by atoms with Gasteiger partial charge in [0.1, 0.15) is 5.75 Å². The van der Waals surface area contributed by atoms with Crippen molar-refractivity contribution >= 4 is 11.9 Å². The fourth-order valence-corrected chi connectivity index (χ4v) is 3.42. The maximum atomic E-state index is 12.6. The first-order chi connectivity index (χ1) is 11.0. The second-order valence-corrected chi connectivity index (χ2v) is 6.35. The van der Waals surface area contributed by atoms with Gasteiger partial charge in [-0.3, -0.25) is 4.79 Å². The van der Waals surface area contributed by atoms with E-state index in [1.54, 1.807) is 18.2 Å². The van der Waals surface area contributed by atoms with Crippen molar-refractivity contribution in [2.75, 3.05) is 26.2 Å². The summed E-state index contributed by atoms with van der Waals surface area (Å²) in [5.41, 5.74) is 1.86. The predicted octanol–water partition coefficient (Wildman–Crippen LogP) is 1.26. The zero-order chi connectivity index (χ0) is 16.4. The summed E-state index contributed by atoms with van der Waals surface area (Å²) in [5.74, 6) is 0.305. The van der Waals surface area contributed by atoms with Gasteiger partial charge in [-0.15, -0.1) is 0 Å². The SMILES string of the molecule is Cc1cc(O)ccc1CC(=O)N1CCCC(N2CCNC2=O)C1. The minimum absolute atomic E-state index is 0.0151. The molecule has 3 amide bonds. The molecule has 2 heterocycles. The van der Waals surface area contributed by atoms with Crippen LogP contribution in [0.25, 0.3) is 0 Å². The number of likely N-dealkylation sites (tertiary alicyclic amines) is 1. The maximum absolute atomic E-state index is 12.6. The number of hydrogen-bond donors (Lipinski definition) is 2. The molecular weight excluding hydrogens is 294 g/mol. The Morgan fingerprint density at radius 2 is 2.22 bits per heavy atom. The lowest BCUT2D eigenvalue weighted by atomic mass is 10.0. The maximum Gasteiger partial charge on any atom is 0.317 e. The fraction of sp³-hybridized carbons (Fsp3) is 0.529. The number of aromatic hydroxyl groups is 1. The van der Waals surface area contributed by atoms with Crippen LogP contribution < -0.4 is 5.32 Å². The highest BCUT2D eigenvalue weighted by molar-refractivity contribution is 5.80. The van der Waals surface area contributed by atoms with Crippen molar-refractivity contribution in [3.63, 3.8) is 0 Å². The second kappa shape index (κ2) is 6.48. The van der Waals surface area contributed by atoms with Gasteiger partial charge in [-0.05, 0) is 43.0 Å². The number of benzene rings is 1. The Morgan fingerprint density at radius 1 is 1.39 bits per heavy atom. The van der Waals surface area contributed by atoms with E-state index in [0.717, 1.165) is 37.1 Å². The Morgan fingerprint density at radius 3 is 2.91 bits per heavy atom. The fourth-order valence-electron chi connectivity index (χ4n) is 3.42. The average molecular weight is 317 g/mol. The molecule has 2 aliphatic heterocycles. The van der Waals surface area contributed by atoms with Crippen LogP contribution in [0.4, 0.5) is 4.79 Å². The van der Waals surface area contributed by atoms with E-state index in [0.29, 0.717) is 19.5 Å². The number of hydrogen-bond acceptors (Lipinski definition) is 3. The third kappa shape index (κ3) is 3.41. The van der Waals surface area contributed by atoms with Crippen molar-refractivity contribution in [1.29, 1.82) is 0 Å². The number of carbonyl (C=O) groups excluding carboxylic acids is 2. The van der Waals surface area contributed by atoms with Gasteiger partial charge in [0.2, 0.25) is 5.91 Å². The highest BCUT2D eigenvalue weighted by atomic mass is 16.3. The molecule has 1 aromatic rings. The average Bonchev–Trinajstić information content (AvgIpc) is 2.96. The minimum Gasteiger partial charge on any atom is -0.508 e. The van der Waals surface area contributed by atoms with Crippen molar-refractivity contribution in [2.45, 2.75) is 32.2 Å². The van der Waals surface area contributed by atoms with Crippen LogP contribution in [0.15, 0.2) is 18.2 Å². The molecule has 2 aliphatic rings. The van der Waals surface area contributed by atoms with Gasteiger partial charge >= 0.3 is 6.03 Å². The van der Waals surface area contributed by atoms with E-state index in [2.05, 4.69) is 5.32 Å². The first kappa shape index (κ1) is 15.6.